The number of nitrogens with zero attached hydrogens (tertiary/aromatic N) is 1. The van der Waals surface area contributed by atoms with Crippen LogP contribution in [0.5, 0.6) is 5.75 Å². The zero-order valence-corrected chi connectivity index (χ0v) is 10.1. The topological polar surface area (TPSA) is 75.8 Å². The summed E-state index contributed by atoms with van der Waals surface area (Å²) < 4.78 is 5.13. The minimum atomic E-state index is -0.189. The zero-order valence-electron chi connectivity index (χ0n) is 10.1. The van der Waals surface area contributed by atoms with Crippen LogP contribution in [0.1, 0.15) is 17.3 Å². The van der Waals surface area contributed by atoms with Crippen LogP contribution in [0.4, 0.5) is 5.69 Å². The van der Waals surface area contributed by atoms with E-state index >= 15 is 0 Å². The van der Waals surface area contributed by atoms with Crippen molar-refractivity contribution >= 4 is 11.6 Å². The molecule has 0 saturated carbocycles. The molecule has 0 fully saturated rings. The van der Waals surface area contributed by atoms with Crippen molar-refractivity contribution in [1.82, 2.24) is 4.90 Å². The molecule has 0 aromatic heterocycles. The Morgan fingerprint density at radius 1 is 1.53 bits per heavy atom. The molecule has 5 heteroatoms. The van der Waals surface area contributed by atoms with Crippen molar-refractivity contribution in [1.29, 1.82) is 0 Å². The maximum Gasteiger partial charge on any atom is 0.257 e. The first-order valence-corrected chi connectivity index (χ1v) is 5.47. The highest BCUT2D eigenvalue weighted by atomic mass is 16.5. The summed E-state index contributed by atoms with van der Waals surface area (Å²) in [4.78, 5) is 13.7. The van der Waals surface area contributed by atoms with Gasteiger partial charge >= 0.3 is 0 Å². The van der Waals surface area contributed by atoms with Crippen LogP contribution in [0.3, 0.4) is 0 Å². The summed E-state index contributed by atoms with van der Waals surface area (Å²) in [7, 11) is 1.50. The predicted octanol–water partition coefficient (Wildman–Crippen LogP) is 0.732. The van der Waals surface area contributed by atoms with Gasteiger partial charge in [-0.2, -0.15) is 0 Å². The number of nitrogen functional groups attached to an aromatic ring is 1. The van der Waals surface area contributed by atoms with Crippen LogP contribution < -0.4 is 10.5 Å². The molecule has 0 aliphatic rings. The van der Waals surface area contributed by atoms with Gasteiger partial charge in [0.15, 0.2) is 0 Å². The Bertz CT molecular complexity index is 393. The fourth-order valence-corrected chi connectivity index (χ4v) is 1.59. The molecule has 1 amide bonds. The van der Waals surface area contributed by atoms with Crippen molar-refractivity contribution in [2.45, 2.75) is 6.92 Å². The Morgan fingerprint density at radius 2 is 2.24 bits per heavy atom. The number of carbonyl (C=O) groups is 1. The van der Waals surface area contributed by atoms with E-state index in [4.69, 9.17) is 15.6 Å². The van der Waals surface area contributed by atoms with Crippen molar-refractivity contribution in [3.05, 3.63) is 23.8 Å². The van der Waals surface area contributed by atoms with Crippen LogP contribution in [-0.2, 0) is 0 Å². The van der Waals surface area contributed by atoms with E-state index in [0.29, 0.717) is 30.1 Å². The average Bonchev–Trinajstić information content (AvgIpc) is 2.35. The third-order valence-corrected chi connectivity index (χ3v) is 2.49. The lowest BCUT2D eigenvalue weighted by Crippen LogP contribution is -2.33. The fourth-order valence-electron chi connectivity index (χ4n) is 1.59. The van der Waals surface area contributed by atoms with Crippen LogP contribution in [0.2, 0.25) is 0 Å². The second-order valence-corrected chi connectivity index (χ2v) is 3.57. The number of ether oxygens (including phenoxy) is 1. The largest absolute Gasteiger partial charge is 0.496 e. The van der Waals surface area contributed by atoms with E-state index in [-0.39, 0.29) is 12.5 Å². The maximum absolute atomic E-state index is 12.2. The van der Waals surface area contributed by atoms with E-state index in [1.807, 2.05) is 6.92 Å². The Labute approximate surface area is 101 Å². The Kier molecular flexibility index (Phi) is 4.78. The molecule has 0 radical (unpaired) electrons. The lowest BCUT2D eigenvalue weighted by molar-refractivity contribution is 0.0728. The summed E-state index contributed by atoms with van der Waals surface area (Å²) in [6, 6.07) is 4.93. The number of hydrogen-bond donors (Lipinski definition) is 2. The lowest BCUT2D eigenvalue weighted by atomic mass is 10.1. The molecule has 0 unspecified atom stereocenters. The fraction of sp³-hybridized carbons (Fsp3) is 0.417. The van der Waals surface area contributed by atoms with Gasteiger partial charge in [0.1, 0.15) is 5.75 Å². The second-order valence-electron chi connectivity index (χ2n) is 3.57. The van der Waals surface area contributed by atoms with Gasteiger partial charge in [0.2, 0.25) is 0 Å². The van der Waals surface area contributed by atoms with Crippen molar-refractivity contribution in [3.63, 3.8) is 0 Å². The highest BCUT2D eigenvalue weighted by Gasteiger charge is 2.18. The van der Waals surface area contributed by atoms with Gasteiger partial charge in [-0.3, -0.25) is 4.79 Å². The molecule has 3 N–H and O–H groups in total. The number of methoxy groups -OCH3 is 1. The second kappa shape index (κ2) is 6.10. The molecule has 1 rings (SSSR count). The van der Waals surface area contributed by atoms with E-state index in [1.54, 1.807) is 18.2 Å². The summed E-state index contributed by atoms with van der Waals surface area (Å²) in [5.41, 5.74) is 6.59. The van der Waals surface area contributed by atoms with Crippen LogP contribution in [0.25, 0.3) is 0 Å². The number of hydrogen-bond acceptors (Lipinski definition) is 4. The molecule has 0 atom stereocenters. The maximum atomic E-state index is 12.2. The smallest absolute Gasteiger partial charge is 0.257 e. The quantitative estimate of drug-likeness (QED) is 0.741. The Hall–Kier alpha value is -1.75. The lowest BCUT2D eigenvalue weighted by Gasteiger charge is -2.21. The van der Waals surface area contributed by atoms with Crippen molar-refractivity contribution in [2.75, 3.05) is 32.5 Å². The van der Waals surface area contributed by atoms with E-state index in [2.05, 4.69) is 0 Å². The first-order chi connectivity index (χ1) is 8.13. The summed E-state index contributed by atoms with van der Waals surface area (Å²) in [6.45, 7) is 2.61. The third kappa shape index (κ3) is 3.10. The summed E-state index contributed by atoms with van der Waals surface area (Å²) in [5.74, 6) is 0.297. The molecule has 0 aliphatic carbocycles. The summed E-state index contributed by atoms with van der Waals surface area (Å²) in [6.07, 6.45) is 0. The Morgan fingerprint density at radius 3 is 2.76 bits per heavy atom. The van der Waals surface area contributed by atoms with E-state index in [1.165, 1.54) is 12.0 Å². The van der Waals surface area contributed by atoms with Crippen LogP contribution in [0.15, 0.2) is 18.2 Å². The minimum Gasteiger partial charge on any atom is -0.496 e. The number of anilines is 1. The number of amides is 1. The molecule has 1 aromatic rings. The zero-order chi connectivity index (χ0) is 12.8. The highest BCUT2D eigenvalue weighted by molar-refractivity contribution is 5.97. The summed E-state index contributed by atoms with van der Waals surface area (Å²) in [5, 5.41) is 8.89. The monoisotopic (exact) mass is 238 g/mol. The number of nitrogens with two attached hydrogens (primary N) is 1. The van der Waals surface area contributed by atoms with Crippen LogP contribution in [-0.4, -0.2) is 42.7 Å². The molecule has 0 aliphatic heterocycles. The van der Waals surface area contributed by atoms with Gasteiger partial charge < -0.3 is 20.5 Å². The van der Waals surface area contributed by atoms with Gasteiger partial charge in [-0.25, -0.2) is 0 Å². The molecule has 0 spiro atoms. The third-order valence-electron chi connectivity index (χ3n) is 2.49. The first-order valence-electron chi connectivity index (χ1n) is 5.47. The Balaban J connectivity index is 3.04. The molecular formula is C12H18N2O3. The van der Waals surface area contributed by atoms with Gasteiger partial charge in [0.05, 0.1) is 19.3 Å². The van der Waals surface area contributed by atoms with Crippen molar-refractivity contribution in [3.8, 4) is 5.75 Å². The molecule has 5 nitrogen and oxygen atoms in total. The highest BCUT2D eigenvalue weighted by Crippen LogP contribution is 2.22. The first kappa shape index (κ1) is 13.3. The van der Waals surface area contributed by atoms with Crippen LogP contribution >= 0.6 is 0 Å². The molecule has 1 aromatic carbocycles. The molecular weight excluding hydrogens is 220 g/mol. The molecule has 94 valence electrons. The molecule has 0 saturated heterocycles. The molecule has 0 heterocycles. The summed E-state index contributed by atoms with van der Waals surface area (Å²) >= 11 is 0. The van der Waals surface area contributed by atoms with Crippen molar-refractivity contribution in [2.24, 2.45) is 0 Å². The van der Waals surface area contributed by atoms with Crippen LogP contribution in [0, 0.1) is 0 Å². The molecule has 17 heavy (non-hydrogen) atoms. The number of carbonyl (C=O) groups excluding carboxylic acids is 1. The van der Waals surface area contributed by atoms with Crippen molar-refractivity contribution < 1.29 is 14.6 Å². The number of rotatable bonds is 5. The normalized spacial score (nSPS) is 10.1. The van der Waals surface area contributed by atoms with E-state index < -0.39 is 0 Å². The molecule has 0 bridgehead atoms. The van der Waals surface area contributed by atoms with E-state index in [0.717, 1.165) is 0 Å². The standard InChI is InChI=1S/C12H18N2O3/c1-3-14(6-7-15)12(16)10-8-9(13)4-5-11(10)17-2/h4-5,8,15H,3,6-7,13H2,1-2H3. The van der Waals surface area contributed by atoms with Gasteiger partial charge in [-0.05, 0) is 25.1 Å². The number of aliphatic hydroxyl groups is 1. The minimum absolute atomic E-state index is 0.0653. The van der Waals surface area contributed by atoms with E-state index in [9.17, 15) is 4.79 Å². The van der Waals surface area contributed by atoms with Gasteiger partial charge in [0.25, 0.3) is 5.91 Å². The number of benzene rings is 1. The van der Waals surface area contributed by atoms with Gasteiger partial charge in [-0.1, -0.05) is 0 Å². The number of aliphatic hydroxyl groups excluding tert-OH is 1. The number of likely N-dealkylation sites (N-methyl/N-ethyl adjacent to an activating group) is 1. The van der Waals surface area contributed by atoms with Gasteiger partial charge in [-0.15, -0.1) is 0 Å². The SMILES string of the molecule is CCN(CCO)C(=O)c1cc(N)ccc1OC. The average molecular weight is 238 g/mol. The predicted molar refractivity (Wildman–Crippen MR) is 66.1 cm³/mol. The van der Waals surface area contributed by atoms with Gasteiger partial charge in [0, 0.05) is 18.8 Å².